The van der Waals surface area contributed by atoms with Crippen molar-refractivity contribution in [3.63, 3.8) is 0 Å². The lowest BCUT2D eigenvalue weighted by Gasteiger charge is -2.20. The van der Waals surface area contributed by atoms with Crippen molar-refractivity contribution in [1.29, 1.82) is 0 Å². The molecule has 7 nitrogen and oxygen atoms in total. The van der Waals surface area contributed by atoms with Gasteiger partial charge in [0.1, 0.15) is 0 Å². The van der Waals surface area contributed by atoms with Gasteiger partial charge in [-0.05, 0) is 43.5 Å². The summed E-state index contributed by atoms with van der Waals surface area (Å²) in [4.78, 5) is -0.102. The molecule has 138 valence electrons. The van der Waals surface area contributed by atoms with Gasteiger partial charge in [-0.25, -0.2) is 25.9 Å². The highest BCUT2D eigenvalue weighted by molar-refractivity contribution is 7.90. The van der Waals surface area contributed by atoms with Crippen molar-refractivity contribution < 1.29 is 16.8 Å². The second-order valence-electron chi connectivity index (χ2n) is 5.92. The third kappa shape index (κ3) is 4.47. The Morgan fingerprint density at radius 1 is 1.17 bits per heavy atom. The van der Waals surface area contributed by atoms with Crippen molar-refractivity contribution in [2.45, 2.75) is 35.1 Å². The number of hydrogen-bond acceptors (Lipinski definition) is 5. The Balaban J connectivity index is 0.00000288. The molecule has 2 rings (SSSR count). The summed E-state index contributed by atoms with van der Waals surface area (Å²) in [6.45, 7) is 0.433. The van der Waals surface area contributed by atoms with Crippen molar-refractivity contribution in [3.8, 4) is 0 Å². The number of sulfonamides is 2. The Bertz CT molecular complexity index is 766. The van der Waals surface area contributed by atoms with E-state index in [1.54, 1.807) is 0 Å². The van der Waals surface area contributed by atoms with Gasteiger partial charge in [-0.1, -0.05) is 12.5 Å². The molecule has 1 fully saturated rings. The monoisotopic (exact) mass is 397 g/mol. The predicted octanol–water partition coefficient (Wildman–Crippen LogP) is 0.764. The zero-order valence-corrected chi connectivity index (χ0v) is 16.1. The molecule has 0 amide bonds. The molecule has 1 aliphatic rings. The van der Waals surface area contributed by atoms with Gasteiger partial charge < -0.3 is 5.73 Å². The quantitative estimate of drug-likeness (QED) is 0.736. The van der Waals surface area contributed by atoms with Gasteiger partial charge in [0.25, 0.3) is 0 Å². The summed E-state index contributed by atoms with van der Waals surface area (Å²) in [6.07, 6.45) is 2.58. The van der Waals surface area contributed by atoms with Crippen LogP contribution in [-0.2, 0) is 20.0 Å². The van der Waals surface area contributed by atoms with Crippen molar-refractivity contribution in [2.24, 2.45) is 11.7 Å². The van der Waals surface area contributed by atoms with E-state index in [0.717, 1.165) is 23.6 Å². The van der Waals surface area contributed by atoms with Crippen LogP contribution >= 0.6 is 12.4 Å². The van der Waals surface area contributed by atoms with Crippen LogP contribution in [0.1, 0.15) is 19.3 Å². The minimum Gasteiger partial charge on any atom is -0.330 e. The lowest BCUT2D eigenvalue weighted by molar-refractivity contribution is 0.453. The number of nitrogens with zero attached hydrogens (tertiary/aromatic N) is 1. The van der Waals surface area contributed by atoms with Crippen LogP contribution in [0.4, 0.5) is 0 Å². The minimum absolute atomic E-state index is 0. The molecule has 0 aliphatic heterocycles. The number of halogens is 1. The first-order valence-corrected chi connectivity index (χ1v) is 10.4. The fourth-order valence-electron chi connectivity index (χ4n) is 2.75. The number of benzene rings is 1. The maximum absolute atomic E-state index is 12.5. The van der Waals surface area contributed by atoms with Gasteiger partial charge in [0.15, 0.2) is 0 Å². The van der Waals surface area contributed by atoms with Crippen LogP contribution in [0.5, 0.6) is 0 Å². The van der Waals surface area contributed by atoms with E-state index in [9.17, 15) is 16.8 Å². The minimum atomic E-state index is -3.78. The lowest BCUT2D eigenvalue weighted by atomic mass is 10.1. The Morgan fingerprint density at radius 2 is 1.79 bits per heavy atom. The Labute approximate surface area is 150 Å². The van der Waals surface area contributed by atoms with Crippen molar-refractivity contribution in [2.75, 3.05) is 20.6 Å². The SMILES string of the molecule is CN(C)S(=O)(=O)c1cccc(S(=O)(=O)NC2CCCC2CN)c1.Cl. The summed E-state index contributed by atoms with van der Waals surface area (Å²) < 4.78 is 53.1. The fourth-order valence-corrected chi connectivity index (χ4v) is 5.16. The molecule has 10 heteroatoms. The first-order valence-electron chi connectivity index (χ1n) is 7.43. The third-order valence-electron chi connectivity index (χ3n) is 4.16. The molecule has 0 saturated heterocycles. The van der Waals surface area contributed by atoms with Gasteiger partial charge in [-0.2, -0.15) is 0 Å². The fraction of sp³-hybridized carbons (Fsp3) is 0.571. The summed E-state index contributed by atoms with van der Waals surface area (Å²) in [5.74, 6) is 0.124. The summed E-state index contributed by atoms with van der Waals surface area (Å²) >= 11 is 0. The van der Waals surface area contributed by atoms with E-state index in [1.165, 1.54) is 38.4 Å². The van der Waals surface area contributed by atoms with Gasteiger partial charge in [0, 0.05) is 20.1 Å². The normalized spacial score (nSPS) is 21.7. The summed E-state index contributed by atoms with van der Waals surface area (Å²) in [5, 5.41) is 0. The van der Waals surface area contributed by atoms with Gasteiger partial charge in [0.2, 0.25) is 20.0 Å². The molecular formula is C14H24ClN3O4S2. The van der Waals surface area contributed by atoms with E-state index in [4.69, 9.17) is 5.73 Å². The van der Waals surface area contributed by atoms with E-state index in [2.05, 4.69) is 4.72 Å². The van der Waals surface area contributed by atoms with E-state index < -0.39 is 20.0 Å². The zero-order valence-electron chi connectivity index (χ0n) is 13.7. The highest BCUT2D eigenvalue weighted by atomic mass is 35.5. The second kappa shape index (κ2) is 8.11. The second-order valence-corrected chi connectivity index (χ2v) is 9.78. The summed E-state index contributed by atoms with van der Waals surface area (Å²) in [6, 6.07) is 5.19. The molecule has 0 bridgehead atoms. The van der Waals surface area contributed by atoms with E-state index in [1.807, 2.05) is 0 Å². The molecule has 0 aromatic heterocycles. The molecular weight excluding hydrogens is 374 g/mol. The van der Waals surface area contributed by atoms with Crippen molar-refractivity contribution >= 4 is 32.5 Å². The molecule has 1 aliphatic carbocycles. The Morgan fingerprint density at radius 3 is 2.38 bits per heavy atom. The number of hydrogen-bond donors (Lipinski definition) is 2. The zero-order chi connectivity index (χ0) is 17.3. The molecule has 3 N–H and O–H groups in total. The van der Waals surface area contributed by atoms with Crippen LogP contribution in [0.25, 0.3) is 0 Å². The van der Waals surface area contributed by atoms with Gasteiger partial charge >= 0.3 is 0 Å². The van der Waals surface area contributed by atoms with E-state index in [0.29, 0.717) is 6.54 Å². The number of nitrogens with two attached hydrogens (primary N) is 1. The Kier molecular flexibility index (Phi) is 7.21. The van der Waals surface area contributed by atoms with E-state index in [-0.39, 0.29) is 34.2 Å². The third-order valence-corrected chi connectivity index (χ3v) is 7.46. The van der Waals surface area contributed by atoms with Gasteiger partial charge in [-0.3, -0.25) is 0 Å². The van der Waals surface area contributed by atoms with Crippen LogP contribution < -0.4 is 10.5 Å². The topological polar surface area (TPSA) is 110 Å². The molecule has 24 heavy (non-hydrogen) atoms. The van der Waals surface area contributed by atoms with Crippen LogP contribution in [0.2, 0.25) is 0 Å². The first kappa shape index (κ1) is 21.3. The van der Waals surface area contributed by atoms with Gasteiger partial charge in [0.05, 0.1) is 9.79 Å². The number of nitrogens with one attached hydrogen (secondary N) is 1. The van der Waals surface area contributed by atoms with Crippen LogP contribution in [0, 0.1) is 5.92 Å². The average molecular weight is 398 g/mol. The van der Waals surface area contributed by atoms with Crippen molar-refractivity contribution in [3.05, 3.63) is 24.3 Å². The molecule has 2 atom stereocenters. The predicted molar refractivity (Wildman–Crippen MR) is 95.1 cm³/mol. The maximum Gasteiger partial charge on any atom is 0.242 e. The molecule has 1 aromatic rings. The molecule has 1 aromatic carbocycles. The molecule has 1 saturated carbocycles. The maximum atomic E-state index is 12.5. The molecule has 2 unspecified atom stereocenters. The van der Waals surface area contributed by atoms with Gasteiger partial charge in [-0.15, -0.1) is 12.4 Å². The highest BCUT2D eigenvalue weighted by Gasteiger charge is 2.31. The highest BCUT2D eigenvalue weighted by Crippen LogP contribution is 2.26. The van der Waals surface area contributed by atoms with Crippen molar-refractivity contribution in [1.82, 2.24) is 9.03 Å². The first-order chi connectivity index (χ1) is 10.7. The van der Waals surface area contributed by atoms with Crippen LogP contribution in [0.15, 0.2) is 34.1 Å². The Hall–Kier alpha value is -0.710. The molecule has 0 radical (unpaired) electrons. The standard InChI is InChI=1S/C14H23N3O4S2.ClH/c1-17(2)23(20,21)13-7-4-6-12(9-13)22(18,19)16-14-8-3-5-11(14)10-15;/h4,6-7,9,11,14,16H,3,5,8,10,15H2,1-2H3;1H. The smallest absolute Gasteiger partial charge is 0.242 e. The van der Waals surface area contributed by atoms with E-state index >= 15 is 0 Å². The summed E-state index contributed by atoms with van der Waals surface area (Å²) in [5.41, 5.74) is 5.68. The molecule has 0 spiro atoms. The van der Waals surface area contributed by atoms with Crippen LogP contribution in [0.3, 0.4) is 0 Å². The van der Waals surface area contributed by atoms with Crippen LogP contribution in [-0.4, -0.2) is 47.8 Å². The average Bonchev–Trinajstić information content (AvgIpc) is 2.93. The summed E-state index contributed by atoms with van der Waals surface area (Å²) in [7, 11) is -4.66. The largest absolute Gasteiger partial charge is 0.330 e. The lowest BCUT2D eigenvalue weighted by Crippen LogP contribution is -2.39. The molecule has 0 heterocycles. The number of rotatable bonds is 6.